The average molecular weight is 330 g/mol. The molecule has 0 unspecified atom stereocenters. The van der Waals surface area contributed by atoms with Crippen molar-refractivity contribution in [2.24, 2.45) is 5.10 Å². The number of aryl methyl sites for hydroxylation is 1. The molecule has 3 rings (SSSR count). The third-order valence-corrected chi connectivity index (χ3v) is 3.30. The van der Waals surface area contributed by atoms with Crippen LogP contribution in [0.1, 0.15) is 16.8 Å². The molecule has 1 heterocycles. The van der Waals surface area contributed by atoms with E-state index in [1.807, 2.05) is 31.2 Å². The van der Waals surface area contributed by atoms with Gasteiger partial charge in [-0.1, -0.05) is 42.0 Å². The van der Waals surface area contributed by atoms with Crippen LogP contribution in [0.3, 0.4) is 0 Å². The summed E-state index contributed by atoms with van der Waals surface area (Å²) in [5, 5.41) is 3.84. The predicted octanol–water partition coefficient (Wildman–Crippen LogP) is 4.40. The van der Waals surface area contributed by atoms with Crippen molar-refractivity contribution in [3.63, 3.8) is 0 Å². The number of halogens is 3. The molecule has 3 aromatic rings. The fraction of sp³-hybridized carbons (Fsp3) is 0.118. The van der Waals surface area contributed by atoms with E-state index >= 15 is 0 Å². The number of fused-ring (bicyclic) bond motifs is 1. The number of nitrogens with zero attached hydrogens (tertiary/aromatic N) is 3. The van der Waals surface area contributed by atoms with E-state index in [2.05, 4.69) is 20.5 Å². The Hall–Kier alpha value is -2.96. The van der Waals surface area contributed by atoms with E-state index < -0.39 is 17.7 Å². The molecule has 0 bridgehead atoms. The third kappa shape index (κ3) is 3.51. The molecule has 0 spiro atoms. The zero-order valence-electron chi connectivity index (χ0n) is 12.7. The predicted molar refractivity (Wildman–Crippen MR) is 86.9 cm³/mol. The summed E-state index contributed by atoms with van der Waals surface area (Å²) in [6.07, 6.45) is -3.20. The first-order valence-corrected chi connectivity index (χ1v) is 7.13. The monoisotopic (exact) mass is 330 g/mol. The Morgan fingerprint density at radius 3 is 2.21 bits per heavy atom. The highest BCUT2D eigenvalue weighted by molar-refractivity contribution is 5.81. The van der Waals surface area contributed by atoms with Crippen LogP contribution in [0.25, 0.3) is 11.0 Å². The third-order valence-electron chi connectivity index (χ3n) is 3.30. The van der Waals surface area contributed by atoms with Crippen LogP contribution < -0.4 is 5.43 Å². The molecule has 1 aromatic heterocycles. The fourth-order valence-corrected chi connectivity index (χ4v) is 2.10. The summed E-state index contributed by atoms with van der Waals surface area (Å²) in [4.78, 5) is 7.64. The molecular formula is C17H13F3N4. The summed E-state index contributed by atoms with van der Waals surface area (Å²) < 4.78 is 39.5. The summed E-state index contributed by atoms with van der Waals surface area (Å²) in [6.45, 7) is 1.94. The van der Waals surface area contributed by atoms with Crippen LogP contribution in [0.5, 0.6) is 0 Å². The summed E-state index contributed by atoms with van der Waals surface area (Å²) in [5.74, 6) is -0.426. The second kappa shape index (κ2) is 6.27. The van der Waals surface area contributed by atoms with E-state index in [9.17, 15) is 13.2 Å². The van der Waals surface area contributed by atoms with E-state index in [-0.39, 0.29) is 5.52 Å². The van der Waals surface area contributed by atoms with Gasteiger partial charge in [-0.05, 0) is 24.6 Å². The Morgan fingerprint density at radius 1 is 0.958 bits per heavy atom. The smallest absolute Gasteiger partial charge is 0.260 e. The number of alkyl halides is 3. The number of nitrogens with one attached hydrogen (secondary N) is 1. The lowest BCUT2D eigenvalue weighted by molar-refractivity contribution is -0.140. The molecule has 122 valence electrons. The lowest BCUT2D eigenvalue weighted by Gasteiger charge is -2.11. The molecule has 0 saturated heterocycles. The fourth-order valence-electron chi connectivity index (χ4n) is 2.10. The number of para-hydroxylation sites is 2. The number of hydrogen-bond acceptors (Lipinski definition) is 4. The average Bonchev–Trinajstić information content (AvgIpc) is 2.55. The maximum atomic E-state index is 13.2. The van der Waals surface area contributed by atoms with Crippen LogP contribution in [0.15, 0.2) is 53.6 Å². The topological polar surface area (TPSA) is 50.2 Å². The summed E-state index contributed by atoms with van der Waals surface area (Å²) in [5.41, 5.74) is 3.64. The highest BCUT2D eigenvalue weighted by Gasteiger charge is 2.37. The molecule has 24 heavy (non-hydrogen) atoms. The van der Waals surface area contributed by atoms with Crippen molar-refractivity contribution in [1.29, 1.82) is 0 Å². The van der Waals surface area contributed by atoms with Crippen LogP contribution in [-0.2, 0) is 6.18 Å². The molecule has 7 heteroatoms. The molecule has 0 aliphatic carbocycles. The Labute approximate surface area is 136 Å². The molecule has 2 aromatic carbocycles. The van der Waals surface area contributed by atoms with E-state index in [0.717, 1.165) is 11.1 Å². The van der Waals surface area contributed by atoms with Crippen molar-refractivity contribution >= 4 is 23.1 Å². The van der Waals surface area contributed by atoms with Gasteiger partial charge in [-0.2, -0.15) is 18.3 Å². The minimum Gasteiger partial charge on any atom is -0.260 e. The first kappa shape index (κ1) is 15.9. The molecule has 0 amide bonds. The highest BCUT2D eigenvalue weighted by Crippen LogP contribution is 2.33. The van der Waals surface area contributed by atoms with Crippen molar-refractivity contribution in [3.05, 3.63) is 65.4 Å². The molecule has 0 aliphatic rings. The quantitative estimate of drug-likeness (QED) is 0.572. The zero-order chi connectivity index (χ0) is 17.2. The first-order valence-electron chi connectivity index (χ1n) is 7.13. The van der Waals surface area contributed by atoms with Gasteiger partial charge < -0.3 is 0 Å². The Kier molecular flexibility index (Phi) is 4.16. The first-order chi connectivity index (χ1) is 11.4. The van der Waals surface area contributed by atoms with E-state index in [4.69, 9.17) is 0 Å². The zero-order valence-corrected chi connectivity index (χ0v) is 12.7. The highest BCUT2D eigenvalue weighted by atomic mass is 19.4. The Morgan fingerprint density at radius 2 is 1.58 bits per heavy atom. The maximum absolute atomic E-state index is 13.2. The van der Waals surface area contributed by atoms with Gasteiger partial charge in [0.05, 0.1) is 17.2 Å². The van der Waals surface area contributed by atoms with Gasteiger partial charge in [0.15, 0.2) is 11.5 Å². The normalized spacial score (nSPS) is 12.0. The summed E-state index contributed by atoms with van der Waals surface area (Å²) in [7, 11) is 0. The number of anilines is 1. The van der Waals surface area contributed by atoms with Crippen LogP contribution in [0.4, 0.5) is 19.0 Å². The van der Waals surface area contributed by atoms with Crippen molar-refractivity contribution in [2.75, 3.05) is 5.43 Å². The van der Waals surface area contributed by atoms with Gasteiger partial charge in [0.2, 0.25) is 0 Å². The molecule has 0 atom stereocenters. The second-order valence-electron chi connectivity index (χ2n) is 5.19. The number of benzene rings is 2. The molecule has 0 aliphatic heterocycles. The molecular weight excluding hydrogens is 317 g/mol. The van der Waals surface area contributed by atoms with Gasteiger partial charge in [-0.15, -0.1) is 0 Å². The SMILES string of the molecule is Cc1ccc(/C=N/Nc2nc3ccccc3nc2C(F)(F)F)cc1. The molecule has 0 radical (unpaired) electrons. The van der Waals surface area contributed by atoms with Crippen molar-refractivity contribution < 1.29 is 13.2 Å². The largest absolute Gasteiger partial charge is 0.437 e. The summed E-state index contributed by atoms with van der Waals surface area (Å²) >= 11 is 0. The van der Waals surface area contributed by atoms with Crippen LogP contribution in [0, 0.1) is 6.92 Å². The molecule has 0 saturated carbocycles. The standard InChI is InChI=1S/C17H13F3N4/c1-11-6-8-12(9-7-11)10-21-24-16-15(17(18,19)20)22-13-4-2-3-5-14(13)23-16/h2-10H,1H3,(H,23,24)/b21-10+. The van der Waals surface area contributed by atoms with Crippen molar-refractivity contribution in [2.45, 2.75) is 13.1 Å². The van der Waals surface area contributed by atoms with Gasteiger partial charge in [0.25, 0.3) is 0 Å². The number of hydrazone groups is 1. The van der Waals surface area contributed by atoms with E-state index in [1.165, 1.54) is 12.3 Å². The van der Waals surface area contributed by atoms with Crippen LogP contribution >= 0.6 is 0 Å². The summed E-state index contributed by atoms with van der Waals surface area (Å²) in [6, 6.07) is 13.8. The minimum absolute atomic E-state index is 0.179. The van der Waals surface area contributed by atoms with Crippen molar-refractivity contribution in [1.82, 2.24) is 9.97 Å². The van der Waals surface area contributed by atoms with Crippen LogP contribution in [-0.4, -0.2) is 16.2 Å². The lowest BCUT2D eigenvalue weighted by atomic mass is 10.2. The minimum atomic E-state index is -4.63. The number of aromatic nitrogens is 2. The number of rotatable bonds is 3. The van der Waals surface area contributed by atoms with E-state index in [0.29, 0.717) is 5.52 Å². The second-order valence-corrected chi connectivity index (χ2v) is 5.19. The molecule has 0 fully saturated rings. The molecule has 4 nitrogen and oxygen atoms in total. The maximum Gasteiger partial charge on any atom is 0.437 e. The van der Waals surface area contributed by atoms with Gasteiger partial charge in [0, 0.05) is 0 Å². The van der Waals surface area contributed by atoms with Crippen LogP contribution in [0.2, 0.25) is 0 Å². The van der Waals surface area contributed by atoms with Gasteiger partial charge >= 0.3 is 6.18 Å². The number of hydrogen-bond donors (Lipinski definition) is 1. The van der Waals surface area contributed by atoms with Crippen molar-refractivity contribution in [3.8, 4) is 0 Å². The van der Waals surface area contributed by atoms with E-state index in [1.54, 1.807) is 18.2 Å². The Bertz CT molecular complexity index is 886. The van der Waals surface area contributed by atoms with Gasteiger partial charge in [-0.3, -0.25) is 5.43 Å². The Balaban J connectivity index is 1.93. The van der Waals surface area contributed by atoms with Gasteiger partial charge in [-0.25, -0.2) is 9.97 Å². The molecule has 1 N–H and O–H groups in total. The lowest BCUT2D eigenvalue weighted by Crippen LogP contribution is -2.13. The van der Waals surface area contributed by atoms with Gasteiger partial charge in [0.1, 0.15) is 0 Å².